The van der Waals surface area contributed by atoms with E-state index in [2.05, 4.69) is 0 Å². The molecule has 0 heterocycles. The second-order valence-electron chi connectivity index (χ2n) is 4.28. The first kappa shape index (κ1) is 17.4. The topological polar surface area (TPSA) is 43.3 Å². The quantitative estimate of drug-likeness (QED) is 0.597. The summed E-state index contributed by atoms with van der Waals surface area (Å²) in [4.78, 5) is 18.9. The zero-order chi connectivity index (χ0) is 9.00. The molecule has 0 fully saturated rings. The fourth-order valence-electron chi connectivity index (χ4n) is 0. The van der Waals surface area contributed by atoms with Gasteiger partial charge in [0.25, 0.3) is 0 Å². The fraction of sp³-hybridized carbons (Fsp3) is 1.00. The maximum absolute atomic E-state index is 10.2. The van der Waals surface area contributed by atoms with Gasteiger partial charge in [-0.05, 0) is 19.6 Å². The van der Waals surface area contributed by atoms with E-state index < -0.39 is 16.6 Å². The molecule has 0 unspecified atom stereocenters. The lowest BCUT2D eigenvalue weighted by Gasteiger charge is -2.21. The molecule has 2 nitrogen and oxygen atoms in total. The highest BCUT2D eigenvalue weighted by molar-refractivity contribution is 6.68. The summed E-state index contributed by atoms with van der Waals surface area (Å²) in [6.45, 7) is 11.0. The van der Waals surface area contributed by atoms with Crippen LogP contribution >= 0.6 is 0 Å². The highest BCUT2D eigenvalue weighted by Gasteiger charge is 2.03. The monoisotopic (exact) mass is 195 g/mol. The van der Waals surface area contributed by atoms with Crippen molar-refractivity contribution in [3.63, 3.8) is 0 Å². The van der Waals surface area contributed by atoms with Crippen LogP contribution in [0.5, 0.6) is 0 Å². The van der Waals surface area contributed by atoms with E-state index in [1.54, 1.807) is 19.6 Å². The van der Waals surface area contributed by atoms with Crippen LogP contribution in [0.1, 0.15) is 7.43 Å². The van der Waals surface area contributed by atoms with E-state index in [0.717, 1.165) is 0 Å². The summed E-state index contributed by atoms with van der Waals surface area (Å²) < 4.78 is 0. The van der Waals surface area contributed by atoms with Gasteiger partial charge in [0.1, 0.15) is 0 Å². The molecule has 0 radical (unpaired) electrons. The van der Waals surface area contributed by atoms with Crippen molar-refractivity contribution in [2.75, 3.05) is 0 Å². The Morgan fingerprint density at radius 1 is 0.909 bits per heavy atom. The standard InChI is InChI=1S/C3H10OSi.C3H9OSi.CH4/c2*1-5(2,3)4;/h4H,1-3H3;1-3H3;1H4/q;-1;. The molecule has 0 amide bonds. The minimum absolute atomic E-state index is 0. The van der Waals surface area contributed by atoms with Crippen molar-refractivity contribution >= 4 is 16.6 Å². The summed E-state index contributed by atoms with van der Waals surface area (Å²) >= 11 is 0. The van der Waals surface area contributed by atoms with E-state index >= 15 is 0 Å². The molecular formula is C7H23O2Si2-. The van der Waals surface area contributed by atoms with Crippen molar-refractivity contribution in [3.8, 4) is 0 Å². The Kier molecular flexibility index (Phi) is 9.41. The fourth-order valence-corrected chi connectivity index (χ4v) is 0. The first-order chi connectivity index (χ1) is 4.00. The van der Waals surface area contributed by atoms with Gasteiger partial charge in [0.05, 0.1) is 0 Å². The van der Waals surface area contributed by atoms with Crippen molar-refractivity contribution in [3.05, 3.63) is 0 Å². The molecule has 11 heavy (non-hydrogen) atoms. The summed E-state index contributed by atoms with van der Waals surface area (Å²) in [5.74, 6) is 0. The molecule has 0 aliphatic heterocycles. The van der Waals surface area contributed by atoms with Crippen LogP contribution in [0.15, 0.2) is 0 Å². The van der Waals surface area contributed by atoms with Crippen LogP contribution in [0.3, 0.4) is 0 Å². The Morgan fingerprint density at radius 2 is 0.909 bits per heavy atom. The Balaban J connectivity index is -0.000000107. The molecule has 1 N–H and O–H groups in total. The lowest BCUT2D eigenvalue weighted by atomic mass is 11.8. The lowest BCUT2D eigenvalue weighted by Crippen LogP contribution is -2.38. The van der Waals surface area contributed by atoms with E-state index in [9.17, 15) is 4.80 Å². The third-order valence-corrected chi connectivity index (χ3v) is 0. The van der Waals surface area contributed by atoms with Crippen LogP contribution in [0, 0.1) is 0 Å². The minimum atomic E-state index is -1.86. The van der Waals surface area contributed by atoms with Gasteiger partial charge in [-0.3, -0.25) is 0 Å². The van der Waals surface area contributed by atoms with Gasteiger partial charge in [-0.15, -0.1) is 0 Å². The van der Waals surface area contributed by atoms with Gasteiger partial charge in [0.15, 0.2) is 8.32 Å². The third-order valence-electron chi connectivity index (χ3n) is 0. The van der Waals surface area contributed by atoms with Gasteiger partial charge in [0, 0.05) is 0 Å². The van der Waals surface area contributed by atoms with Gasteiger partial charge in [-0.1, -0.05) is 35.4 Å². The van der Waals surface area contributed by atoms with Gasteiger partial charge < -0.3 is 9.59 Å². The predicted molar refractivity (Wildman–Crippen MR) is 55.6 cm³/mol. The van der Waals surface area contributed by atoms with E-state index in [-0.39, 0.29) is 7.43 Å². The average molecular weight is 195 g/mol. The predicted octanol–water partition coefficient (Wildman–Crippen LogP) is 1.63. The van der Waals surface area contributed by atoms with E-state index in [1.165, 1.54) is 0 Å². The average Bonchev–Trinajstić information content (AvgIpc) is 1.12. The molecule has 0 aromatic rings. The maximum atomic E-state index is 10.2. The smallest absolute Gasteiger partial charge is 0.179 e. The van der Waals surface area contributed by atoms with Crippen LogP contribution in [0.25, 0.3) is 0 Å². The van der Waals surface area contributed by atoms with Crippen LogP contribution in [-0.4, -0.2) is 21.4 Å². The summed E-state index contributed by atoms with van der Waals surface area (Å²) in [7, 11) is -3.47. The molecular weight excluding hydrogens is 172 g/mol. The molecule has 0 atom stereocenters. The normalized spacial score (nSPS) is 10.9. The summed E-state index contributed by atoms with van der Waals surface area (Å²) in [6.07, 6.45) is 0. The number of rotatable bonds is 0. The zero-order valence-electron chi connectivity index (χ0n) is 7.86. The largest absolute Gasteiger partial charge is 0.859 e. The van der Waals surface area contributed by atoms with Gasteiger partial charge in [0.2, 0.25) is 0 Å². The molecule has 0 aliphatic carbocycles. The van der Waals surface area contributed by atoms with Crippen molar-refractivity contribution in [2.45, 2.75) is 46.7 Å². The summed E-state index contributed by atoms with van der Waals surface area (Å²) in [5.41, 5.74) is 0. The Labute approximate surface area is 73.5 Å². The molecule has 0 aromatic heterocycles. The molecule has 0 bridgehead atoms. The molecule has 72 valence electrons. The molecule has 0 rings (SSSR count). The molecule has 0 saturated carbocycles. The second kappa shape index (κ2) is 5.94. The Morgan fingerprint density at radius 3 is 0.909 bits per heavy atom. The molecule has 0 spiro atoms. The van der Waals surface area contributed by atoms with E-state index in [1.807, 2.05) is 19.6 Å². The van der Waals surface area contributed by atoms with Crippen LogP contribution in [-0.2, 0) is 0 Å². The van der Waals surface area contributed by atoms with Crippen LogP contribution in [0.2, 0.25) is 39.3 Å². The van der Waals surface area contributed by atoms with Crippen LogP contribution < -0.4 is 4.80 Å². The first-order valence-electron chi connectivity index (χ1n) is 3.43. The molecule has 0 aliphatic rings. The maximum Gasteiger partial charge on any atom is 0.179 e. The van der Waals surface area contributed by atoms with Gasteiger partial charge in [-0.2, -0.15) is 0 Å². The second-order valence-corrected chi connectivity index (χ2v) is 12.8. The lowest BCUT2D eigenvalue weighted by molar-refractivity contribution is -0.203. The third kappa shape index (κ3) is 5770. The number of hydrogen-bond donors (Lipinski definition) is 1. The Bertz CT molecular complexity index is 57.4. The molecule has 0 aromatic carbocycles. The first-order valence-corrected chi connectivity index (χ1v) is 10.3. The summed E-state index contributed by atoms with van der Waals surface area (Å²) in [5, 5.41) is 0. The van der Waals surface area contributed by atoms with Crippen LogP contribution in [0.4, 0.5) is 0 Å². The zero-order valence-corrected chi connectivity index (χ0v) is 9.86. The Hall–Kier alpha value is 0.354. The SMILES string of the molecule is C.C[Si](C)(C)O.C[Si](C)(C)[O-]. The van der Waals surface area contributed by atoms with Crippen molar-refractivity contribution < 1.29 is 9.59 Å². The number of hydrogen-bond acceptors (Lipinski definition) is 2. The summed E-state index contributed by atoms with van der Waals surface area (Å²) in [6, 6.07) is 0. The van der Waals surface area contributed by atoms with Gasteiger partial charge in [-0.25, -0.2) is 0 Å². The van der Waals surface area contributed by atoms with E-state index in [4.69, 9.17) is 4.80 Å². The van der Waals surface area contributed by atoms with Crippen molar-refractivity contribution in [2.24, 2.45) is 0 Å². The highest BCUT2D eigenvalue weighted by Crippen LogP contribution is 1.88. The molecule has 0 saturated heterocycles. The van der Waals surface area contributed by atoms with Gasteiger partial charge >= 0.3 is 0 Å². The minimum Gasteiger partial charge on any atom is -0.859 e. The van der Waals surface area contributed by atoms with E-state index in [0.29, 0.717) is 0 Å². The van der Waals surface area contributed by atoms with Crippen molar-refractivity contribution in [1.82, 2.24) is 0 Å². The highest BCUT2D eigenvalue weighted by atomic mass is 28.4. The molecule has 4 heteroatoms. The van der Waals surface area contributed by atoms with Crippen molar-refractivity contribution in [1.29, 1.82) is 0 Å².